The Morgan fingerprint density at radius 2 is 0.885 bits per heavy atom. The molecule has 0 radical (unpaired) electrons. The van der Waals surface area contributed by atoms with Gasteiger partial charge in [0.1, 0.15) is 6.61 Å². The number of aliphatic carboxylic acids is 1. The molecule has 61 heavy (non-hydrogen) atoms. The number of ether oxygens (including phenoxy) is 3. The molecule has 8 nitrogen and oxygen atoms in total. The molecule has 1 N–H and O–H groups in total. The molecule has 0 rings (SSSR count). The second-order valence-electron chi connectivity index (χ2n) is 17.8. The molecule has 0 spiro atoms. The van der Waals surface area contributed by atoms with Crippen molar-refractivity contribution in [3.05, 3.63) is 60.8 Å². The predicted octanol–water partition coefficient (Wildman–Crippen LogP) is 14.1. The Labute approximate surface area is 375 Å². The van der Waals surface area contributed by atoms with Crippen LogP contribution in [0.2, 0.25) is 0 Å². The lowest BCUT2D eigenvalue weighted by atomic mass is 10.1. The zero-order chi connectivity index (χ0) is 44.9. The molecule has 8 heteroatoms. The number of carbonyl (C=O) groups excluding carboxylic acids is 2. The van der Waals surface area contributed by atoms with Crippen LogP contribution in [0.5, 0.6) is 0 Å². The average molecular weight is 857 g/mol. The Balaban J connectivity index is 4.34. The molecule has 0 fully saturated rings. The standard InChI is InChI=1S/C53H93NO7/c1-6-8-10-12-14-16-18-20-22-24-26-28-30-32-34-36-38-40-42-44-52(56)61-49(47-59-46-45-50(53(57)58)54(3,4)5)48-60-51(55)43-41-39-37-35-33-31-29-27-25-23-21-19-17-15-13-11-9-7-2/h15,17,19,21,23-27,29,49-50H,6-14,16,18,20,22,28,30-48H2,1-5H3/p+1/b17-15+,21-19+,25-23+,26-24+,29-27+. The topological polar surface area (TPSA) is 99.1 Å². The second-order valence-corrected chi connectivity index (χ2v) is 17.8. The normalized spacial score (nSPS) is 13.4. The molecule has 0 aromatic heterocycles. The van der Waals surface area contributed by atoms with Crippen LogP contribution in [-0.4, -0.2) is 80.6 Å². The summed E-state index contributed by atoms with van der Waals surface area (Å²) in [6, 6.07) is -0.622. The lowest BCUT2D eigenvalue weighted by molar-refractivity contribution is -0.887. The number of rotatable bonds is 44. The molecule has 2 atom stereocenters. The minimum atomic E-state index is -0.880. The van der Waals surface area contributed by atoms with Gasteiger partial charge in [0.05, 0.1) is 34.4 Å². The first-order chi connectivity index (χ1) is 29.6. The molecule has 0 aromatic rings. The fourth-order valence-electron chi connectivity index (χ4n) is 7.10. The molecule has 0 saturated heterocycles. The van der Waals surface area contributed by atoms with E-state index in [4.69, 9.17) is 14.2 Å². The molecule has 0 heterocycles. The molecule has 0 aliphatic heterocycles. The van der Waals surface area contributed by atoms with E-state index >= 15 is 0 Å². The van der Waals surface area contributed by atoms with Crippen molar-refractivity contribution in [3.8, 4) is 0 Å². The number of hydrogen-bond acceptors (Lipinski definition) is 6. The van der Waals surface area contributed by atoms with Gasteiger partial charge in [0.2, 0.25) is 0 Å². The van der Waals surface area contributed by atoms with Crippen molar-refractivity contribution in [1.82, 2.24) is 0 Å². The number of carboxylic acids is 1. The third-order valence-corrected chi connectivity index (χ3v) is 11.0. The van der Waals surface area contributed by atoms with Crippen molar-refractivity contribution >= 4 is 17.9 Å². The zero-order valence-electron chi connectivity index (χ0n) is 40.1. The summed E-state index contributed by atoms with van der Waals surface area (Å²) in [5, 5.41) is 9.64. The van der Waals surface area contributed by atoms with Crippen LogP contribution in [-0.2, 0) is 28.6 Å². The fourth-order valence-corrected chi connectivity index (χ4v) is 7.10. The summed E-state index contributed by atoms with van der Waals surface area (Å²) in [5.41, 5.74) is 0. The van der Waals surface area contributed by atoms with E-state index in [1.54, 1.807) is 0 Å². The number of likely N-dealkylation sites (N-methyl/N-ethyl adjacent to an activating group) is 1. The van der Waals surface area contributed by atoms with E-state index in [0.29, 0.717) is 19.3 Å². The number of quaternary nitrogens is 1. The maximum Gasteiger partial charge on any atom is 0.362 e. The van der Waals surface area contributed by atoms with E-state index in [1.807, 2.05) is 21.1 Å². The molecule has 0 aliphatic carbocycles. The van der Waals surface area contributed by atoms with E-state index in [-0.39, 0.29) is 36.2 Å². The number of esters is 2. The minimum absolute atomic E-state index is 0.0500. The summed E-state index contributed by atoms with van der Waals surface area (Å²) in [5.74, 6) is -1.50. The Bertz CT molecular complexity index is 1180. The first kappa shape index (κ1) is 58.0. The number of hydrogen-bond donors (Lipinski definition) is 1. The Kier molecular flexibility index (Phi) is 41.5. The summed E-state index contributed by atoms with van der Waals surface area (Å²) >= 11 is 0. The van der Waals surface area contributed by atoms with Crippen molar-refractivity contribution in [2.45, 2.75) is 219 Å². The van der Waals surface area contributed by atoms with E-state index in [2.05, 4.69) is 74.6 Å². The van der Waals surface area contributed by atoms with Crippen molar-refractivity contribution in [3.63, 3.8) is 0 Å². The van der Waals surface area contributed by atoms with Gasteiger partial charge in [-0.2, -0.15) is 0 Å². The number of unbranched alkanes of at least 4 members (excludes halogenated alkanes) is 23. The van der Waals surface area contributed by atoms with Crippen LogP contribution in [0.15, 0.2) is 60.8 Å². The van der Waals surface area contributed by atoms with Crippen molar-refractivity contribution in [2.75, 3.05) is 41.0 Å². The van der Waals surface area contributed by atoms with E-state index in [9.17, 15) is 19.5 Å². The SMILES string of the molecule is CCCCC/C=C/C=C/C=C/C=C/CCCCCCCC(=O)OCC(COCCC(C(=O)O)[N+](C)(C)C)OC(=O)CCCCCCCCC/C=C/CCCCCCCCCC. The largest absolute Gasteiger partial charge is 0.477 e. The predicted molar refractivity (Wildman–Crippen MR) is 257 cm³/mol. The highest BCUT2D eigenvalue weighted by Gasteiger charge is 2.31. The van der Waals surface area contributed by atoms with Gasteiger partial charge in [-0.25, -0.2) is 4.79 Å². The zero-order valence-corrected chi connectivity index (χ0v) is 40.1. The maximum absolute atomic E-state index is 12.8. The van der Waals surface area contributed by atoms with Crippen LogP contribution in [0.4, 0.5) is 0 Å². The van der Waals surface area contributed by atoms with Gasteiger partial charge in [-0.05, 0) is 64.2 Å². The molecule has 0 aromatic carbocycles. The molecular weight excluding hydrogens is 763 g/mol. The smallest absolute Gasteiger partial charge is 0.362 e. The van der Waals surface area contributed by atoms with Crippen LogP contribution in [0, 0.1) is 0 Å². The third-order valence-electron chi connectivity index (χ3n) is 11.0. The van der Waals surface area contributed by atoms with Crippen LogP contribution < -0.4 is 0 Å². The van der Waals surface area contributed by atoms with Crippen molar-refractivity contribution < 1.29 is 38.2 Å². The van der Waals surface area contributed by atoms with Crippen LogP contribution in [0.25, 0.3) is 0 Å². The molecular formula is C53H94NO7+. The van der Waals surface area contributed by atoms with Crippen LogP contribution in [0.1, 0.15) is 206 Å². The summed E-state index contributed by atoms with van der Waals surface area (Å²) < 4.78 is 17.3. The second kappa shape index (κ2) is 43.7. The average Bonchev–Trinajstić information content (AvgIpc) is 3.22. The maximum atomic E-state index is 12.8. The molecule has 2 unspecified atom stereocenters. The van der Waals surface area contributed by atoms with Gasteiger partial charge in [0.25, 0.3) is 0 Å². The minimum Gasteiger partial charge on any atom is -0.477 e. The Hall–Kier alpha value is -2.97. The Morgan fingerprint density at radius 3 is 1.36 bits per heavy atom. The highest BCUT2D eigenvalue weighted by molar-refractivity contribution is 5.72. The van der Waals surface area contributed by atoms with Gasteiger partial charge in [-0.3, -0.25) is 9.59 Å². The first-order valence-corrected chi connectivity index (χ1v) is 24.9. The summed E-state index contributed by atoms with van der Waals surface area (Å²) in [6.45, 7) is 4.68. The van der Waals surface area contributed by atoms with Gasteiger partial charge >= 0.3 is 17.9 Å². The van der Waals surface area contributed by atoms with Gasteiger partial charge < -0.3 is 23.8 Å². The van der Waals surface area contributed by atoms with Gasteiger partial charge in [-0.1, -0.05) is 184 Å². The van der Waals surface area contributed by atoms with Gasteiger partial charge in [0.15, 0.2) is 12.1 Å². The fraction of sp³-hybridized carbons (Fsp3) is 0.755. The summed E-state index contributed by atoms with van der Waals surface area (Å²) in [4.78, 5) is 37.1. The number of carbonyl (C=O) groups is 3. The van der Waals surface area contributed by atoms with Crippen molar-refractivity contribution in [2.24, 2.45) is 0 Å². The third kappa shape index (κ3) is 42.1. The van der Waals surface area contributed by atoms with E-state index in [1.165, 1.54) is 109 Å². The molecule has 0 bridgehead atoms. The number of carboxylic acid groups (broad SMARTS) is 1. The number of allylic oxidation sites excluding steroid dienone is 10. The lowest BCUT2D eigenvalue weighted by Crippen LogP contribution is -2.50. The highest BCUT2D eigenvalue weighted by Crippen LogP contribution is 2.14. The van der Waals surface area contributed by atoms with Gasteiger partial charge in [-0.15, -0.1) is 0 Å². The molecule has 0 saturated carbocycles. The first-order valence-electron chi connectivity index (χ1n) is 24.9. The van der Waals surface area contributed by atoms with E-state index < -0.39 is 18.1 Å². The van der Waals surface area contributed by atoms with Crippen molar-refractivity contribution in [1.29, 1.82) is 0 Å². The monoisotopic (exact) mass is 857 g/mol. The molecule has 352 valence electrons. The summed E-state index contributed by atoms with van der Waals surface area (Å²) in [7, 11) is 5.52. The number of nitrogens with zero attached hydrogens (tertiary/aromatic N) is 1. The Morgan fingerprint density at radius 1 is 0.492 bits per heavy atom. The van der Waals surface area contributed by atoms with Crippen LogP contribution >= 0.6 is 0 Å². The van der Waals surface area contributed by atoms with Gasteiger partial charge in [0, 0.05) is 19.3 Å². The quantitative estimate of drug-likeness (QED) is 0.0214. The highest BCUT2D eigenvalue weighted by atomic mass is 16.6. The van der Waals surface area contributed by atoms with Crippen LogP contribution in [0.3, 0.4) is 0 Å². The molecule has 0 amide bonds. The molecule has 0 aliphatic rings. The lowest BCUT2D eigenvalue weighted by Gasteiger charge is -2.31. The van der Waals surface area contributed by atoms with E-state index in [0.717, 1.165) is 64.2 Å². The summed E-state index contributed by atoms with van der Waals surface area (Å²) in [6.07, 6.45) is 54.0.